The van der Waals surface area contributed by atoms with Gasteiger partial charge in [-0.05, 0) is 51.2 Å². The fraction of sp³-hybridized carbons (Fsp3) is 0.619. The van der Waals surface area contributed by atoms with Gasteiger partial charge in [-0.1, -0.05) is 32.3 Å². The number of aliphatic hydroxyl groups is 1. The number of aromatic nitrogens is 4. The SMILES string of the molecule is CC(Nc1nc(N)nc(-c2cccc(C(F)(F)F)n2)n1)C1CC1.CCCCCC(C)O. The van der Waals surface area contributed by atoms with Gasteiger partial charge in [0.1, 0.15) is 11.4 Å². The Hall–Kier alpha value is -2.49. The maximum Gasteiger partial charge on any atom is 0.433 e. The van der Waals surface area contributed by atoms with Crippen molar-refractivity contribution in [2.75, 3.05) is 11.1 Å². The molecule has 1 saturated carbocycles. The van der Waals surface area contributed by atoms with Crippen LogP contribution >= 0.6 is 0 Å². The number of aliphatic hydroxyl groups excluding tert-OH is 1. The first-order chi connectivity index (χ1) is 14.6. The van der Waals surface area contributed by atoms with Crippen LogP contribution in [0.3, 0.4) is 0 Å². The third-order valence-electron chi connectivity index (χ3n) is 4.83. The number of alkyl halides is 3. The van der Waals surface area contributed by atoms with Crippen molar-refractivity contribution < 1.29 is 18.3 Å². The van der Waals surface area contributed by atoms with Crippen LogP contribution in [-0.4, -0.2) is 37.2 Å². The standard InChI is InChI=1S/C14H15F3N6.C7H16O/c1-7(8-5-6-8)19-13-22-11(21-12(18)23-13)9-3-2-4-10(20-9)14(15,16)17;1-3-4-5-6-7(2)8/h2-4,7-8H,5-6H2,1H3,(H3,18,19,21,22,23);7-8H,3-6H2,1-2H3. The van der Waals surface area contributed by atoms with E-state index >= 15 is 0 Å². The predicted molar refractivity (Wildman–Crippen MR) is 114 cm³/mol. The molecule has 0 spiro atoms. The summed E-state index contributed by atoms with van der Waals surface area (Å²) in [6.45, 7) is 6.01. The second-order valence-electron chi connectivity index (χ2n) is 7.86. The molecule has 31 heavy (non-hydrogen) atoms. The zero-order valence-electron chi connectivity index (χ0n) is 18.2. The van der Waals surface area contributed by atoms with Crippen LogP contribution in [-0.2, 0) is 6.18 Å². The summed E-state index contributed by atoms with van der Waals surface area (Å²) in [7, 11) is 0. The van der Waals surface area contributed by atoms with Gasteiger partial charge < -0.3 is 16.2 Å². The highest BCUT2D eigenvalue weighted by Gasteiger charge is 2.33. The van der Waals surface area contributed by atoms with Gasteiger partial charge in [0.25, 0.3) is 0 Å². The Morgan fingerprint density at radius 2 is 1.84 bits per heavy atom. The number of rotatable bonds is 8. The number of nitrogens with one attached hydrogen (secondary N) is 1. The summed E-state index contributed by atoms with van der Waals surface area (Å²) >= 11 is 0. The van der Waals surface area contributed by atoms with Gasteiger partial charge in [-0.3, -0.25) is 0 Å². The highest BCUT2D eigenvalue weighted by Crippen LogP contribution is 2.34. The van der Waals surface area contributed by atoms with Crippen molar-refractivity contribution in [1.29, 1.82) is 0 Å². The summed E-state index contributed by atoms with van der Waals surface area (Å²) in [5.74, 6) is 0.739. The number of halogens is 3. The number of hydrogen-bond acceptors (Lipinski definition) is 7. The highest BCUT2D eigenvalue weighted by atomic mass is 19.4. The number of nitrogens with zero attached hydrogens (tertiary/aromatic N) is 4. The number of nitrogens with two attached hydrogens (primary N) is 1. The van der Waals surface area contributed by atoms with Crippen LogP contribution in [0.4, 0.5) is 25.1 Å². The van der Waals surface area contributed by atoms with Crippen LogP contribution in [0.25, 0.3) is 11.5 Å². The monoisotopic (exact) mass is 440 g/mol. The Morgan fingerprint density at radius 1 is 1.13 bits per heavy atom. The topological polar surface area (TPSA) is 110 Å². The van der Waals surface area contributed by atoms with Gasteiger partial charge in [0.05, 0.1) is 6.10 Å². The van der Waals surface area contributed by atoms with Crippen LogP contribution in [0, 0.1) is 5.92 Å². The van der Waals surface area contributed by atoms with E-state index in [1.807, 2.05) is 13.8 Å². The Morgan fingerprint density at radius 3 is 2.42 bits per heavy atom. The average Bonchev–Trinajstić information content (AvgIpc) is 3.53. The lowest BCUT2D eigenvalue weighted by atomic mass is 10.1. The molecule has 4 N–H and O–H groups in total. The maximum atomic E-state index is 12.8. The van der Waals surface area contributed by atoms with E-state index in [2.05, 4.69) is 32.2 Å². The molecule has 172 valence electrons. The third-order valence-corrected chi connectivity index (χ3v) is 4.83. The second kappa shape index (κ2) is 11.2. The van der Waals surface area contributed by atoms with Crippen LogP contribution in [0.1, 0.15) is 65.0 Å². The van der Waals surface area contributed by atoms with Crippen molar-refractivity contribution in [2.24, 2.45) is 5.92 Å². The molecule has 2 atom stereocenters. The molecule has 2 heterocycles. The molecular formula is C21H31F3N6O. The number of unbranched alkanes of at least 4 members (excludes halogenated alkanes) is 2. The number of nitrogen functional groups attached to an aromatic ring is 1. The first-order valence-electron chi connectivity index (χ1n) is 10.6. The lowest BCUT2D eigenvalue weighted by Crippen LogP contribution is -2.20. The normalized spacial score (nSPS) is 15.6. The molecule has 7 nitrogen and oxygen atoms in total. The second-order valence-corrected chi connectivity index (χ2v) is 7.86. The molecule has 3 rings (SSSR count). The number of hydrogen-bond donors (Lipinski definition) is 3. The fourth-order valence-corrected chi connectivity index (χ4v) is 2.90. The Labute approximate surface area is 180 Å². The summed E-state index contributed by atoms with van der Waals surface area (Å²) in [6, 6.07) is 3.71. The molecule has 0 bridgehead atoms. The van der Waals surface area contributed by atoms with Gasteiger partial charge in [0.2, 0.25) is 11.9 Å². The number of anilines is 2. The van der Waals surface area contributed by atoms with Crippen molar-refractivity contribution in [2.45, 2.75) is 77.6 Å². The van der Waals surface area contributed by atoms with Crippen molar-refractivity contribution >= 4 is 11.9 Å². The van der Waals surface area contributed by atoms with Gasteiger partial charge in [-0.25, -0.2) is 4.98 Å². The van der Waals surface area contributed by atoms with E-state index in [-0.39, 0.29) is 35.6 Å². The van der Waals surface area contributed by atoms with Crippen molar-refractivity contribution in [3.05, 3.63) is 23.9 Å². The first-order valence-corrected chi connectivity index (χ1v) is 10.6. The van der Waals surface area contributed by atoms with Crippen LogP contribution in [0.15, 0.2) is 18.2 Å². The molecule has 10 heteroatoms. The molecule has 2 aromatic heterocycles. The van der Waals surface area contributed by atoms with Gasteiger partial charge in [0, 0.05) is 6.04 Å². The molecule has 1 aliphatic carbocycles. The number of pyridine rings is 1. The lowest BCUT2D eigenvalue weighted by Gasteiger charge is -2.13. The summed E-state index contributed by atoms with van der Waals surface area (Å²) in [5.41, 5.74) is 4.63. The molecule has 1 aliphatic rings. The Balaban J connectivity index is 0.000000366. The zero-order valence-corrected chi connectivity index (χ0v) is 18.2. The zero-order chi connectivity index (χ0) is 23.0. The Kier molecular flexibility index (Phi) is 8.97. The molecule has 2 aromatic rings. The molecule has 0 aliphatic heterocycles. The largest absolute Gasteiger partial charge is 0.433 e. The minimum absolute atomic E-state index is 0.00366. The lowest BCUT2D eigenvalue weighted by molar-refractivity contribution is -0.141. The average molecular weight is 441 g/mol. The molecule has 2 unspecified atom stereocenters. The quantitative estimate of drug-likeness (QED) is 0.511. The van der Waals surface area contributed by atoms with Crippen LogP contribution in [0.2, 0.25) is 0 Å². The van der Waals surface area contributed by atoms with Gasteiger partial charge in [-0.2, -0.15) is 28.1 Å². The van der Waals surface area contributed by atoms with Gasteiger partial charge in [-0.15, -0.1) is 0 Å². The molecule has 0 amide bonds. The molecule has 0 aromatic carbocycles. The smallest absolute Gasteiger partial charge is 0.393 e. The van der Waals surface area contributed by atoms with E-state index in [1.54, 1.807) is 0 Å². The van der Waals surface area contributed by atoms with Crippen molar-refractivity contribution in [3.8, 4) is 11.5 Å². The van der Waals surface area contributed by atoms with E-state index in [1.165, 1.54) is 31.4 Å². The molecule has 0 radical (unpaired) electrons. The minimum atomic E-state index is -4.53. The summed E-state index contributed by atoms with van der Waals surface area (Å²) in [4.78, 5) is 15.6. The van der Waals surface area contributed by atoms with E-state index in [4.69, 9.17) is 10.8 Å². The summed E-state index contributed by atoms with van der Waals surface area (Å²) in [5, 5.41) is 11.9. The third kappa shape index (κ3) is 8.64. The minimum Gasteiger partial charge on any atom is -0.393 e. The van der Waals surface area contributed by atoms with E-state index in [0.29, 0.717) is 5.92 Å². The first kappa shape index (κ1) is 24.8. The fourth-order valence-electron chi connectivity index (χ4n) is 2.90. The van der Waals surface area contributed by atoms with Crippen LogP contribution in [0.5, 0.6) is 0 Å². The van der Waals surface area contributed by atoms with Crippen molar-refractivity contribution in [3.63, 3.8) is 0 Å². The predicted octanol–water partition coefficient (Wildman–Crippen LogP) is 4.69. The van der Waals surface area contributed by atoms with E-state index in [0.717, 1.165) is 25.3 Å². The van der Waals surface area contributed by atoms with Crippen LogP contribution < -0.4 is 11.1 Å². The highest BCUT2D eigenvalue weighted by molar-refractivity contribution is 5.53. The van der Waals surface area contributed by atoms with E-state index in [9.17, 15) is 13.2 Å². The summed E-state index contributed by atoms with van der Waals surface area (Å²) < 4.78 is 38.3. The Bertz CT molecular complexity index is 827. The van der Waals surface area contributed by atoms with Gasteiger partial charge >= 0.3 is 6.18 Å². The molecular weight excluding hydrogens is 409 g/mol. The molecule has 0 saturated heterocycles. The van der Waals surface area contributed by atoms with Gasteiger partial charge in [0.15, 0.2) is 5.82 Å². The maximum absolute atomic E-state index is 12.8. The molecule has 1 fully saturated rings. The van der Waals surface area contributed by atoms with E-state index < -0.39 is 11.9 Å². The summed E-state index contributed by atoms with van der Waals surface area (Å²) in [6.07, 6.45) is 2.28. The van der Waals surface area contributed by atoms with Crippen molar-refractivity contribution in [1.82, 2.24) is 19.9 Å².